The second-order valence-corrected chi connectivity index (χ2v) is 11.6. The molecule has 1 amide bonds. The minimum Gasteiger partial charge on any atom is -0.504 e. The van der Waals surface area contributed by atoms with Gasteiger partial charge in [-0.25, -0.2) is 10.4 Å². The van der Waals surface area contributed by atoms with Crippen molar-refractivity contribution in [2.45, 2.75) is 49.9 Å². The molecule has 4 heterocycles. The van der Waals surface area contributed by atoms with E-state index in [0.29, 0.717) is 24.1 Å². The van der Waals surface area contributed by atoms with Crippen LogP contribution in [0.1, 0.15) is 36.5 Å². The number of aromatic hydroxyl groups is 1. The van der Waals surface area contributed by atoms with Crippen molar-refractivity contribution in [1.29, 1.82) is 0 Å². The second-order valence-electron chi connectivity index (χ2n) is 11.6. The Morgan fingerprint density at radius 2 is 1.95 bits per heavy atom. The number of aromatic nitrogens is 2. The molecule has 2 aromatic carbocycles. The predicted molar refractivity (Wildman–Crippen MR) is 150 cm³/mol. The van der Waals surface area contributed by atoms with E-state index in [1.807, 2.05) is 54.1 Å². The molecule has 3 aliphatic heterocycles. The number of aliphatic hydroxyl groups excluding tert-OH is 1. The van der Waals surface area contributed by atoms with Gasteiger partial charge in [0.05, 0.1) is 12.0 Å². The summed E-state index contributed by atoms with van der Waals surface area (Å²) in [5, 5.41) is 24.8. The number of aliphatic hydroxyl groups is 1. The fraction of sp³-hybridized carbons (Fsp3) is 0.387. The Morgan fingerprint density at radius 1 is 1.12 bits per heavy atom. The van der Waals surface area contributed by atoms with Crippen LogP contribution < -0.4 is 10.2 Å². The smallest absolute Gasteiger partial charge is 0.240 e. The van der Waals surface area contributed by atoms with E-state index in [9.17, 15) is 15.0 Å². The lowest BCUT2D eigenvalue weighted by Gasteiger charge is -2.56. The van der Waals surface area contributed by atoms with Crippen LogP contribution in [0.2, 0.25) is 0 Å². The molecule has 9 heteroatoms. The number of phenols is 1. The van der Waals surface area contributed by atoms with E-state index in [1.54, 1.807) is 18.6 Å². The summed E-state index contributed by atoms with van der Waals surface area (Å²) in [4.78, 5) is 17.7. The van der Waals surface area contributed by atoms with E-state index in [0.717, 1.165) is 36.3 Å². The molecular formula is C31H33N5O4. The largest absolute Gasteiger partial charge is 0.504 e. The monoisotopic (exact) mass is 539 g/mol. The molecular weight excluding hydrogens is 506 g/mol. The van der Waals surface area contributed by atoms with Gasteiger partial charge in [-0.2, -0.15) is 5.10 Å². The number of phenolic OH excluding ortho intramolecular Hbond substituents is 1. The van der Waals surface area contributed by atoms with Gasteiger partial charge < -0.3 is 24.4 Å². The van der Waals surface area contributed by atoms with E-state index in [2.05, 4.69) is 33.5 Å². The molecule has 5 aliphatic rings. The molecule has 1 aromatic heterocycles. The summed E-state index contributed by atoms with van der Waals surface area (Å²) in [6, 6.07) is 12.3. The molecule has 2 aliphatic carbocycles. The summed E-state index contributed by atoms with van der Waals surface area (Å²) in [7, 11) is 2.19. The van der Waals surface area contributed by atoms with Crippen LogP contribution in [-0.4, -0.2) is 68.1 Å². The predicted octanol–water partition coefficient (Wildman–Crippen LogP) is 2.93. The molecule has 6 atom stereocenters. The van der Waals surface area contributed by atoms with Gasteiger partial charge in [0.15, 0.2) is 11.5 Å². The third-order valence-corrected chi connectivity index (χ3v) is 9.37. The summed E-state index contributed by atoms with van der Waals surface area (Å²) in [6.07, 6.45) is 11.1. The number of nitrogens with zero attached hydrogens (tertiary/aromatic N) is 4. The third-order valence-electron chi connectivity index (χ3n) is 9.37. The van der Waals surface area contributed by atoms with E-state index < -0.39 is 6.10 Å². The van der Waals surface area contributed by atoms with Gasteiger partial charge in [0.2, 0.25) is 5.91 Å². The zero-order valence-corrected chi connectivity index (χ0v) is 22.6. The lowest BCUT2D eigenvalue weighted by atomic mass is 9.53. The topological polar surface area (TPSA) is 112 Å². The minimum atomic E-state index is -0.594. The van der Waals surface area contributed by atoms with Gasteiger partial charge in [0.1, 0.15) is 12.2 Å². The zero-order valence-electron chi connectivity index (χ0n) is 22.6. The number of nitrogens with one attached hydrogen (secondary N) is 1. The Kier molecular flexibility index (Phi) is 5.83. The average molecular weight is 540 g/mol. The molecule has 0 radical (unpaired) electrons. The van der Waals surface area contributed by atoms with Crippen molar-refractivity contribution >= 4 is 11.6 Å². The van der Waals surface area contributed by atoms with Gasteiger partial charge in [-0.15, -0.1) is 0 Å². The first-order valence-electron chi connectivity index (χ1n) is 13.9. The number of hydrogen-bond donors (Lipinski definition) is 3. The maximum atomic E-state index is 11.2. The number of amides is 1. The first kappa shape index (κ1) is 25.0. The second kappa shape index (κ2) is 9.31. The highest BCUT2D eigenvalue weighted by molar-refractivity contribution is 6.05. The van der Waals surface area contributed by atoms with Crippen molar-refractivity contribution in [3.8, 4) is 17.2 Å². The highest BCUT2D eigenvalue weighted by Crippen LogP contribution is 2.62. The fourth-order valence-corrected chi connectivity index (χ4v) is 7.46. The van der Waals surface area contributed by atoms with Crippen LogP contribution in [0.5, 0.6) is 11.5 Å². The normalized spacial score (nSPS) is 31.3. The standard InChI is InChI=1S/C17H19NO3.C14H14N4O/c1-18-7-6-17-10-3-5-13(20)16(17)21-15-12(19)4-2-9(14(15)17)8-11(10)18;1-10-8-13(19)16-17-14(10)11-2-4-12(5-3-11)18-7-6-15-9-18/h2-5,10-11,13,16,19-20H,6-8H2,1H3;2-7,9-10H,8H2,1H3,(H,16,19)/t10-,11+,13-,16-,17-;/m0./s1. The van der Waals surface area contributed by atoms with Crippen molar-refractivity contribution < 1.29 is 19.7 Å². The van der Waals surface area contributed by atoms with Crippen molar-refractivity contribution in [1.82, 2.24) is 19.9 Å². The van der Waals surface area contributed by atoms with E-state index in [4.69, 9.17) is 4.74 Å². The van der Waals surface area contributed by atoms with Gasteiger partial charge in [0.25, 0.3) is 0 Å². The number of likely N-dealkylation sites (N-methyl/N-ethyl adjacent to an activating group) is 1. The minimum absolute atomic E-state index is 0.0220. The van der Waals surface area contributed by atoms with Crippen LogP contribution in [-0.2, 0) is 16.6 Å². The first-order chi connectivity index (χ1) is 19.4. The molecule has 8 rings (SSSR count). The molecule has 2 bridgehead atoms. The molecule has 1 fully saturated rings. The Balaban J connectivity index is 0.000000133. The van der Waals surface area contributed by atoms with Crippen molar-refractivity contribution in [3.05, 3.63) is 84.0 Å². The number of hydrazone groups is 1. The number of carbonyl (C=O) groups is 1. The van der Waals surface area contributed by atoms with Crippen LogP contribution in [0.3, 0.4) is 0 Å². The Morgan fingerprint density at radius 3 is 2.70 bits per heavy atom. The van der Waals surface area contributed by atoms with Crippen LogP contribution in [0, 0.1) is 11.8 Å². The summed E-state index contributed by atoms with van der Waals surface area (Å²) in [5.74, 6) is 1.31. The van der Waals surface area contributed by atoms with Crippen LogP contribution in [0.25, 0.3) is 5.69 Å². The lowest BCUT2D eigenvalue weighted by molar-refractivity contribution is -0.121. The van der Waals surface area contributed by atoms with E-state index >= 15 is 0 Å². The van der Waals surface area contributed by atoms with Gasteiger partial charge in [-0.3, -0.25) is 4.79 Å². The van der Waals surface area contributed by atoms with Gasteiger partial charge in [-0.05, 0) is 55.8 Å². The average Bonchev–Trinajstić information content (AvgIpc) is 3.61. The number of piperidine rings is 1. The molecule has 3 N–H and O–H groups in total. The Hall–Kier alpha value is -3.95. The number of imidazole rings is 1. The Bertz CT molecular complexity index is 1520. The molecule has 0 saturated carbocycles. The van der Waals surface area contributed by atoms with E-state index in [1.165, 1.54) is 11.1 Å². The molecule has 9 nitrogen and oxygen atoms in total. The van der Waals surface area contributed by atoms with Gasteiger partial charge >= 0.3 is 0 Å². The number of carbonyl (C=O) groups excluding carboxylic acids is 1. The summed E-state index contributed by atoms with van der Waals surface area (Å²) < 4.78 is 8.03. The maximum absolute atomic E-state index is 11.2. The SMILES string of the molecule is CC1CC(=O)NN=C1c1ccc(-n2ccnc2)cc1.CN1CC[C@]23c4c5ccc(O)c4O[C@H]2[C@@H](O)C=C[C@H]3[C@H]1C5. The zero-order chi connectivity index (χ0) is 27.6. The van der Waals surface area contributed by atoms with Crippen LogP contribution >= 0.6 is 0 Å². The van der Waals surface area contributed by atoms with E-state index in [-0.39, 0.29) is 29.1 Å². The van der Waals surface area contributed by atoms with Crippen molar-refractivity contribution in [2.24, 2.45) is 16.9 Å². The summed E-state index contributed by atoms with van der Waals surface area (Å²) in [5.41, 5.74) is 7.84. The number of hydrogen-bond acceptors (Lipinski definition) is 7. The molecule has 1 spiro atoms. The molecule has 206 valence electrons. The lowest BCUT2D eigenvalue weighted by Crippen LogP contribution is -2.64. The quantitative estimate of drug-likeness (QED) is 0.432. The molecule has 40 heavy (non-hydrogen) atoms. The number of ether oxygens (including phenoxy) is 1. The highest BCUT2D eigenvalue weighted by Gasteiger charge is 2.64. The molecule has 3 aromatic rings. The van der Waals surface area contributed by atoms with Gasteiger partial charge in [0, 0.05) is 53.4 Å². The fourth-order valence-electron chi connectivity index (χ4n) is 7.46. The number of likely N-dealkylation sites (tertiary alicyclic amines) is 1. The first-order valence-corrected chi connectivity index (χ1v) is 13.9. The van der Waals surface area contributed by atoms with Crippen molar-refractivity contribution in [3.63, 3.8) is 0 Å². The highest BCUT2D eigenvalue weighted by atomic mass is 16.5. The number of benzene rings is 2. The summed E-state index contributed by atoms with van der Waals surface area (Å²) >= 11 is 0. The van der Waals surface area contributed by atoms with Gasteiger partial charge in [-0.1, -0.05) is 37.3 Å². The van der Waals surface area contributed by atoms with Crippen LogP contribution in [0.4, 0.5) is 0 Å². The molecule has 1 unspecified atom stereocenters. The van der Waals surface area contributed by atoms with Crippen molar-refractivity contribution in [2.75, 3.05) is 13.6 Å². The third kappa shape index (κ3) is 3.72. The van der Waals surface area contributed by atoms with Crippen LogP contribution in [0.15, 0.2) is 72.4 Å². The maximum Gasteiger partial charge on any atom is 0.240 e. The summed E-state index contributed by atoms with van der Waals surface area (Å²) in [6.45, 7) is 3.03. The number of rotatable bonds is 2. The molecule has 1 saturated heterocycles. The Labute approximate surface area is 232 Å².